The molecular formula is C13H21N3. The zero-order chi connectivity index (χ0) is 11.4. The Labute approximate surface area is 97.7 Å². The van der Waals surface area contributed by atoms with Gasteiger partial charge in [0.15, 0.2) is 0 Å². The van der Waals surface area contributed by atoms with Gasteiger partial charge in [-0.1, -0.05) is 6.42 Å². The molecule has 88 valence electrons. The minimum Gasteiger partial charge on any atom is -0.314 e. The number of nitrogens with one attached hydrogen (secondary N) is 1. The number of hydrogen-bond acceptors (Lipinski definition) is 3. The zero-order valence-corrected chi connectivity index (χ0v) is 10.3. The SMILES string of the molecule is Cc1ncnc(CCC2CCCCN2)c1C. The van der Waals surface area contributed by atoms with Gasteiger partial charge in [0, 0.05) is 17.4 Å². The van der Waals surface area contributed by atoms with Crippen molar-refractivity contribution in [2.75, 3.05) is 6.54 Å². The van der Waals surface area contributed by atoms with Gasteiger partial charge in [-0.25, -0.2) is 9.97 Å². The van der Waals surface area contributed by atoms with Crippen LogP contribution in [0, 0.1) is 13.8 Å². The Morgan fingerprint density at radius 3 is 2.94 bits per heavy atom. The van der Waals surface area contributed by atoms with Gasteiger partial charge in [0.25, 0.3) is 0 Å². The highest BCUT2D eigenvalue weighted by molar-refractivity contribution is 5.21. The minimum absolute atomic E-state index is 0.698. The smallest absolute Gasteiger partial charge is 0.115 e. The Kier molecular flexibility index (Phi) is 3.88. The first-order valence-corrected chi connectivity index (χ1v) is 6.28. The lowest BCUT2D eigenvalue weighted by Gasteiger charge is -2.23. The van der Waals surface area contributed by atoms with Crippen molar-refractivity contribution in [1.82, 2.24) is 15.3 Å². The highest BCUT2D eigenvalue weighted by Gasteiger charge is 2.13. The third-order valence-electron chi connectivity index (χ3n) is 3.58. The molecule has 0 amide bonds. The third-order valence-corrected chi connectivity index (χ3v) is 3.58. The first-order valence-electron chi connectivity index (χ1n) is 6.28. The maximum absolute atomic E-state index is 4.38. The lowest BCUT2D eigenvalue weighted by atomic mass is 9.98. The molecule has 1 atom stereocenters. The van der Waals surface area contributed by atoms with Gasteiger partial charge in [-0.3, -0.25) is 0 Å². The van der Waals surface area contributed by atoms with Crippen molar-refractivity contribution in [3.8, 4) is 0 Å². The molecule has 1 aliphatic heterocycles. The fraction of sp³-hybridized carbons (Fsp3) is 0.692. The second-order valence-electron chi connectivity index (χ2n) is 4.72. The molecular weight excluding hydrogens is 198 g/mol. The summed E-state index contributed by atoms with van der Waals surface area (Å²) in [6.07, 6.45) is 8.00. The molecule has 0 radical (unpaired) electrons. The van der Waals surface area contributed by atoms with Gasteiger partial charge in [0.1, 0.15) is 6.33 Å². The molecule has 0 aliphatic carbocycles. The topological polar surface area (TPSA) is 37.8 Å². The second kappa shape index (κ2) is 5.39. The van der Waals surface area contributed by atoms with E-state index >= 15 is 0 Å². The third kappa shape index (κ3) is 2.79. The van der Waals surface area contributed by atoms with Gasteiger partial charge < -0.3 is 5.32 Å². The van der Waals surface area contributed by atoms with Gasteiger partial charge in [0.2, 0.25) is 0 Å². The number of hydrogen-bond donors (Lipinski definition) is 1. The molecule has 0 saturated carbocycles. The molecule has 1 unspecified atom stereocenters. The van der Waals surface area contributed by atoms with Crippen LogP contribution in [0.2, 0.25) is 0 Å². The molecule has 2 rings (SSSR count). The summed E-state index contributed by atoms with van der Waals surface area (Å²) in [5.41, 5.74) is 3.60. The van der Waals surface area contributed by atoms with Crippen LogP contribution in [0.15, 0.2) is 6.33 Å². The van der Waals surface area contributed by atoms with E-state index in [1.54, 1.807) is 6.33 Å². The summed E-state index contributed by atoms with van der Waals surface area (Å²) in [6, 6.07) is 0.698. The number of aryl methyl sites for hydroxylation is 2. The van der Waals surface area contributed by atoms with Crippen LogP contribution in [-0.4, -0.2) is 22.6 Å². The largest absolute Gasteiger partial charge is 0.314 e. The summed E-state index contributed by atoms with van der Waals surface area (Å²) < 4.78 is 0. The number of rotatable bonds is 3. The monoisotopic (exact) mass is 219 g/mol. The van der Waals surface area contributed by atoms with Gasteiger partial charge >= 0.3 is 0 Å². The van der Waals surface area contributed by atoms with Crippen molar-refractivity contribution >= 4 is 0 Å². The minimum atomic E-state index is 0.698. The van der Waals surface area contributed by atoms with Crippen molar-refractivity contribution in [1.29, 1.82) is 0 Å². The van der Waals surface area contributed by atoms with E-state index in [2.05, 4.69) is 29.1 Å². The summed E-state index contributed by atoms with van der Waals surface area (Å²) in [5, 5.41) is 3.58. The average molecular weight is 219 g/mol. The summed E-state index contributed by atoms with van der Waals surface area (Å²) in [6.45, 7) is 5.37. The standard InChI is InChI=1S/C13H21N3/c1-10-11(2)15-9-16-13(10)7-6-12-5-3-4-8-14-12/h9,12,14H,3-8H2,1-2H3. The van der Waals surface area contributed by atoms with E-state index in [4.69, 9.17) is 0 Å². The van der Waals surface area contributed by atoms with Crippen LogP contribution >= 0.6 is 0 Å². The Bertz CT molecular complexity index is 343. The van der Waals surface area contributed by atoms with Crippen LogP contribution in [0.4, 0.5) is 0 Å². The van der Waals surface area contributed by atoms with Crippen LogP contribution in [0.25, 0.3) is 0 Å². The average Bonchev–Trinajstić information content (AvgIpc) is 2.32. The molecule has 1 fully saturated rings. The molecule has 3 nitrogen and oxygen atoms in total. The summed E-state index contributed by atoms with van der Waals surface area (Å²) in [4.78, 5) is 8.59. The van der Waals surface area contributed by atoms with E-state index in [9.17, 15) is 0 Å². The fourth-order valence-corrected chi connectivity index (χ4v) is 2.32. The molecule has 0 spiro atoms. The van der Waals surface area contributed by atoms with E-state index in [0.717, 1.165) is 12.1 Å². The molecule has 2 heterocycles. The van der Waals surface area contributed by atoms with E-state index in [0.29, 0.717) is 6.04 Å². The Balaban J connectivity index is 1.91. The predicted octanol–water partition coefficient (Wildman–Crippen LogP) is 2.17. The molecule has 1 N–H and O–H groups in total. The lowest BCUT2D eigenvalue weighted by molar-refractivity contribution is 0.381. The summed E-state index contributed by atoms with van der Waals surface area (Å²) in [7, 11) is 0. The van der Waals surface area contributed by atoms with Gasteiger partial charge in [-0.05, 0) is 51.6 Å². The lowest BCUT2D eigenvalue weighted by Crippen LogP contribution is -2.34. The van der Waals surface area contributed by atoms with Gasteiger partial charge in [-0.2, -0.15) is 0 Å². The second-order valence-corrected chi connectivity index (χ2v) is 4.72. The molecule has 0 bridgehead atoms. The number of nitrogens with zero attached hydrogens (tertiary/aromatic N) is 2. The van der Waals surface area contributed by atoms with E-state index in [-0.39, 0.29) is 0 Å². The van der Waals surface area contributed by atoms with Crippen molar-refractivity contribution in [3.63, 3.8) is 0 Å². The van der Waals surface area contributed by atoms with E-state index in [1.165, 1.54) is 43.5 Å². The van der Waals surface area contributed by atoms with E-state index < -0.39 is 0 Å². The molecule has 1 aliphatic rings. The Hall–Kier alpha value is -0.960. The molecule has 1 saturated heterocycles. The first-order chi connectivity index (χ1) is 7.77. The molecule has 16 heavy (non-hydrogen) atoms. The van der Waals surface area contributed by atoms with Crippen molar-refractivity contribution in [3.05, 3.63) is 23.3 Å². The van der Waals surface area contributed by atoms with Gasteiger partial charge in [0.05, 0.1) is 0 Å². The summed E-state index contributed by atoms with van der Waals surface area (Å²) >= 11 is 0. The van der Waals surface area contributed by atoms with Crippen LogP contribution in [0.5, 0.6) is 0 Å². The molecule has 1 aromatic heterocycles. The molecule has 1 aromatic rings. The van der Waals surface area contributed by atoms with Crippen molar-refractivity contribution in [2.24, 2.45) is 0 Å². The zero-order valence-electron chi connectivity index (χ0n) is 10.3. The highest BCUT2D eigenvalue weighted by atomic mass is 14.9. The van der Waals surface area contributed by atoms with E-state index in [1.807, 2.05) is 0 Å². The Morgan fingerprint density at radius 1 is 1.31 bits per heavy atom. The van der Waals surface area contributed by atoms with Crippen LogP contribution in [0.1, 0.15) is 42.6 Å². The molecule has 3 heteroatoms. The van der Waals surface area contributed by atoms with Crippen LogP contribution < -0.4 is 5.32 Å². The highest BCUT2D eigenvalue weighted by Crippen LogP contribution is 2.15. The van der Waals surface area contributed by atoms with Gasteiger partial charge in [-0.15, -0.1) is 0 Å². The summed E-state index contributed by atoms with van der Waals surface area (Å²) in [5.74, 6) is 0. The van der Waals surface area contributed by atoms with Crippen molar-refractivity contribution in [2.45, 2.75) is 52.0 Å². The van der Waals surface area contributed by atoms with Crippen LogP contribution in [0.3, 0.4) is 0 Å². The maximum Gasteiger partial charge on any atom is 0.115 e. The molecule has 0 aromatic carbocycles. The Morgan fingerprint density at radius 2 is 2.19 bits per heavy atom. The number of piperidine rings is 1. The quantitative estimate of drug-likeness (QED) is 0.846. The first kappa shape index (κ1) is 11.5. The normalized spacial score (nSPS) is 21.0. The van der Waals surface area contributed by atoms with Crippen LogP contribution in [-0.2, 0) is 6.42 Å². The maximum atomic E-state index is 4.38. The predicted molar refractivity (Wildman–Crippen MR) is 65.5 cm³/mol. The number of aromatic nitrogens is 2. The van der Waals surface area contributed by atoms with Crippen molar-refractivity contribution < 1.29 is 0 Å². The fourth-order valence-electron chi connectivity index (χ4n) is 2.32.